The second-order valence-corrected chi connectivity index (χ2v) is 9.28. The summed E-state index contributed by atoms with van der Waals surface area (Å²) < 4.78 is 38.5. The van der Waals surface area contributed by atoms with E-state index in [0.717, 1.165) is 6.20 Å². The fourth-order valence-corrected chi connectivity index (χ4v) is 4.11. The molecule has 4 rings (SSSR count). The lowest BCUT2D eigenvalue weighted by Gasteiger charge is -2.14. The van der Waals surface area contributed by atoms with Crippen molar-refractivity contribution >= 4 is 45.0 Å². The fourth-order valence-electron chi connectivity index (χ4n) is 3.41. The number of nitrogens with zero attached hydrogens (tertiary/aromatic N) is 2. The topological polar surface area (TPSA) is 196 Å². The van der Waals surface area contributed by atoms with Crippen LogP contribution < -0.4 is 27.2 Å². The third kappa shape index (κ3) is 5.69. The van der Waals surface area contributed by atoms with Gasteiger partial charge in [0.2, 0.25) is 21.9 Å². The van der Waals surface area contributed by atoms with Crippen molar-refractivity contribution < 1.29 is 22.4 Å². The van der Waals surface area contributed by atoms with Crippen LogP contribution in [0.25, 0.3) is 11.1 Å². The fraction of sp³-hybridized carbons (Fsp3) is 0. The standard InChI is InChI=1S/C24H20FN7O4S/c25-17-10-9-15(13-5-7-14(8-6-13)21(26)33)11-19(17)31-24-29-12-16(22(27)34)23(32-24)30-18-3-1-2-4-20(18)37(28,35)36/h1-12H,(H2,26,33)(H2,27,34)(H2,28,35,36)(H2,29,30,31,32). The molecule has 1 aromatic heterocycles. The predicted molar refractivity (Wildman–Crippen MR) is 135 cm³/mol. The molecule has 0 atom stereocenters. The first-order chi connectivity index (χ1) is 17.5. The Balaban J connectivity index is 1.69. The van der Waals surface area contributed by atoms with Crippen molar-refractivity contribution in [2.75, 3.05) is 10.6 Å². The Morgan fingerprint density at radius 1 is 0.838 bits per heavy atom. The van der Waals surface area contributed by atoms with Crippen LogP contribution in [-0.2, 0) is 10.0 Å². The summed E-state index contributed by atoms with van der Waals surface area (Å²) in [6.45, 7) is 0. The largest absolute Gasteiger partial charge is 0.366 e. The molecule has 0 aliphatic rings. The van der Waals surface area contributed by atoms with Gasteiger partial charge in [0.25, 0.3) is 5.91 Å². The molecular weight excluding hydrogens is 501 g/mol. The number of sulfonamides is 1. The van der Waals surface area contributed by atoms with Gasteiger partial charge >= 0.3 is 0 Å². The van der Waals surface area contributed by atoms with E-state index in [2.05, 4.69) is 20.6 Å². The lowest BCUT2D eigenvalue weighted by molar-refractivity contribution is 0.0992. The summed E-state index contributed by atoms with van der Waals surface area (Å²) in [5.74, 6) is -2.30. The molecule has 0 aliphatic carbocycles. The molecule has 0 radical (unpaired) electrons. The van der Waals surface area contributed by atoms with Gasteiger partial charge in [0.1, 0.15) is 22.1 Å². The van der Waals surface area contributed by atoms with Gasteiger partial charge in [-0.3, -0.25) is 9.59 Å². The second-order valence-electron chi connectivity index (χ2n) is 7.75. The number of benzene rings is 3. The molecule has 4 aromatic rings. The van der Waals surface area contributed by atoms with Gasteiger partial charge < -0.3 is 22.1 Å². The van der Waals surface area contributed by atoms with E-state index < -0.39 is 27.7 Å². The number of carbonyl (C=O) groups is 2. The first kappa shape index (κ1) is 25.2. The number of primary sulfonamides is 1. The SMILES string of the molecule is NC(=O)c1ccc(-c2ccc(F)c(Nc3ncc(C(N)=O)c(Nc4ccccc4S(N)(=O)=O)n3)c2)cc1. The summed E-state index contributed by atoms with van der Waals surface area (Å²) >= 11 is 0. The highest BCUT2D eigenvalue weighted by Crippen LogP contribution is 2.29. The number of rotatable bonds is 8. The number of carbonyl (C=O) groups excluding carboxylic acids is 2. The van der Waals surface area contributed by atoms with E-state index in [4.69, 9.17) is 16.6 Å². The van der Waals surface area contributed by atoms with Gasteiger partial charge in [0, 0.05) is 11.8 Å². The molecule has 11 nitrogen and oxygen atoms in total. The van der Waals surface area contributed by atoms with Crippen molar-refractivity contribution in [3.8, 4) is 11.1 Å². The first-order valence-electron chi connectivity index (χ1n) is 10.6. The summed E-state index contributed by atoms with van der Waals surface area (Å²) in [5.41, 5.74) is 12.3. The van der Waals surface area contributed by atoms with Crippen LogP contribution in [0.15, 0.2) is 77.8 Å². The minimum absolute atomic E-state index is 0.0131. The molecular formula is C24H20FN7O4S. The average molecular weight is 522 g/mol. The summed E-state index contributed by atoms with van der Waals surface area (Å²) in [5, 5.41) is 10.8. The third-order valence-electron chi connectivity index (χ3n) is 5.22. The van der Waals surface area contributed by atoms with Gasteiger partial charge in [-0.25, -0.2) is 22.9 Å². The highest BCUT2D eigenvalue weighted by molar-refractivity contribution is 7.89. The molecule has 0 saturated carbocycles. The molecule has 37 heavy (non-hydrogen) atoms. The molecule has 0 bridgehead atoms. The van der Waals surface area contributed by atoms with Crippen molar-refractivity contribution in [3.63, 3.8) is 0 Å². The first-order valence-corrected chi connectivity index (χ1v) is 12.1. The maximum Gasteiger partial charge on any atom is 0.254 e. The van der Waals surface area contributed by atoms with Crippen molar-refractivity contribution in [2.45, 2.75) is 4.90 Å². The zero-order chi connectivity index (χ0) is 26.7. The minimum atomic E-state index is -4.10. The molecule has 0 unspecified atom stereocenters. The van der Waals surface area contributed by atoms with Crippen molar-refractivity contribution in [2.24, 2.45) is 16.6 Å². The number of hydrogen-bond acceptors (Lipinski definition) is 8. The van der Waals surface area contributed by atoms with Crippen LogP contribution in [0, 0.1) is 5.82 Å². The van der Waals surface area contributed by atoms with Gasteiger partial charge in [-0.1, -0.05) is 30.3 Å². The zero-order valence-corrected chi connectivity index (χ0v) is 19.8. The smallest absolute Gasteiger partial charge is 0.254 e. The number of halogens is 1. The Morgan fingerprint density at radius 2 is 1.51 bits per heavy atom. The minimum Gasteiger partial charge on any atom is -0.366 e. The normalized spacial score (nSPS) is 11.1. The second kappa shape index (κ2) is 10.0. The van der Waals surface area contributed by atoms with E-state index in [-0.39, 0.29) is 33.6 Å². The molecule has 188 valence electrons. The van der Waals surface area contributed by atoms with Crippen LogP contribution in [0.2, 0.25) is 0 Å². The lowest BCUT2D eigenvalue weighted by Crippen LogP contribution is -2.17. The summed E-state index contributed by atoms with van der Waals surface area (Å²) in [4.78, 5) is 31.2. The molecule has 0 aliphatic heterocycles. The maximum atomic E-state index is 14.6. The Kier molecular flexibility index (Phi) is 6.82. The van der Waals surface area contributed by atoms with E-state index in [0.29, 0.717) is 16.7 Å². The lowest BCUT2D eigenvalue weighted by atomic mass is 10.0. The van der Waals surface area contributed by atoms with E-state index >= 15 is 0 Å². The number of aromatic nitrogens is 2. The van der Waals surface area contributed by atoms with E-state index in [1.54, 1.807) is 36.4 Å². The monoisotopic (exact) mass is 521 g/mol. The van der Waals surface area contributed by atoms with Crippen LogP contribution in [-0.4, -0.2) is 30.2 Å². The number of anilines is 4. The Morgan fingerprint density at radius 3 is 2.16 bits per heavy atom. The molecule has 0 saturated heterocycles. The number of nitrogens with one attached hydrogen (secondary N) is 2. The van der Waals surface area contributed by atoms with Crippen LogP contribution in [0.4, 0.5) is 27.5 Å². The van der Waals surface area contributed by atoms with Crippen LogP contribution in [0.1, 0.15) is 20.7 Å². The zero-order valence-electron chi connectivity index (χ0n) is 19.0. The summed E-state index contributed by atoms with van der Waals surface area (Å²) in [6.07, 6.45) is 1.11. The number of para-hydroxylation sites is 1. The van der Waals surface area contributed by atoms with Gasteiger partial charge in [0.15, 0.2) is 0 Å². The average Bonchev–Trinajstić information content (AvgIpc) is 2.85. The van der Waals surface area contributed by atoms with Gasteiger partial charge in [-0.15, -0.1) is 0 Å². The van der Waals surface area contributed by atoms with E-state index in [1.165, 1.54) is 30.3 Å². The maximum absolute atomic E-state index is 14.6. The van der Waals surface area contributed by atoms with Gasteiger partial charge in [0.05, 0.1) is 11.4 Å². The Bertz CT molecular complexity index is 1630. The van der Waals surface area contributed by atoms with E-state index in [9.17, 15) is 22.4 Å². The van der Waals surface area contributed by atoms with Crippen LogP contribution >= 0.6 is 0 Å². The number of amides is 2. The summed E-state index contributed by atoms with van der Waals surface area (Å²) in [6, 6.07) is 16.5. The molecule has 0 spiro atoms. The third-order valence-corrected chi connectivity index (χ3v) is 6.19. The highest BCUT2D eigenvalue weighted by Gasteiger charge is 2.18. The molecule has 3 aromatic carbocycles. The van der Waals surface area contributed by atoms with Gasteiger partial charge in [-0.2, -0.15) is 4.98 Å². The van der Waals surface area contributed by atoms with Crippen molar-refractivity contribution in [1.82, 2.24) is 9.97 Å². The predicted octanol–water partition coefficient (Wildman–Crippen LogP) is 2.62. The van der Waals surface area contributed by atoms with Crippen molar-refractivity contribution in [3.05, 3.63) is 89.9 Å². The van der Waals surface area contributed by atoms with E-state index in [1.807, 2.05) is 0 Å². The van der Waals surface area contributed by atoms with Crippen LogP contribution in [0.5, 0.6) is 0 Å². The Hall–Kier alpha value is -4.88. The molecule has 2 amide bonds. The number of primary amides is 2. The quantitative estimate of drug-likeness (QED) is 0.233. The Labute approximate surface area is 210 Å². The molecule has 0 fully saturated rings. The van der Waals surface area contributed by atoms with Gasteiger partial charge in [-0.05, 0) is 47.5 Å². The number of nitrogens with two attached hydrogens (primary N) is 3. The molecule has 13 heteroatoms. The molecule has 1 heterocycles. The van der Waals surface area contributed by atoms with Crippen LogP contribution in [0.3, 0.4) is 0 Å². The molecule has 8 N–H and O–H groups in total. The summed E-state index contributed by atoms with van der Waals surface area (Å²) in [7, 11) is -4.10. The highest BCUT2D eigenvalue weighted by atomic mass is 32.2. The number of hydrogen-bond donors (Lipinski definition) is 5. The van der Waals surface area contributed by atoms with Crippen molar-refractivity contribution in [1.29, 1.82) is 0 Å².